The van der Waals surface area contributed by atoms with E-state index in [0.717, 1.165) is 5.75 Å². The summed E-state index contributed by atoms with van der Waals surface area (Å²) in [4.78, 5) is 11.2. The van der Waals surface area contributed by atoms with Crippen LogP contribution in [0.5, 0.6) is 0 Å². The molecule has 0 saturated carbocycles. The van der Waals surface area contributed by atoms with Crippen molar-refractivity contribution in [2.24, 2.45) is 5.92 Å². The predicted molar refractivity (Wildman–Crippen MR) is 86.8 cm³/mol. The molecule has 1 aliphatic heterocycles. The minimum atomic E-state index is -0.735. The third kappa shape index (κ3) is 9.38. The van der Waals surface area contributed by atoms with Crippen molar-refractivity contribution in [3.8, 4) is 0 Å². The van der Waals surface area contributed by atoms with Gasteiger partial charge in [-0.25, -0.2) is 0 Å². The van der Waals surface area contributed by atoms with E-state index >= 15 is 0 Å². The number of carboxylic acids is 1. The van der Waals surface area contributed by atoms with Crippen molar-refractivity contribution < 1.29 is 19.4 Å². The number of unbranched alkanes of at least 4 members (excludes halogenated alkanes) is 6. The molecule has 0 bridgehead atoms. The lowest BCUT2D eigenvalue weighted by Crippen LogP contribution is -2.23. The maximum atomic E-state index is 11.2. The average molecular weight is 318 g/mol. The summed E-state index contributed by atoms with van der Waals surface area (Å²) in [5, 5.41) is 9.23. The van der Waals surface area contributed by atoms with Gasteiger partial charge in [0.1, 0.15) is 0 Å². The van der Waals surface area contributed by atoms with Gasteiger partial charge in [-0.15, -0.1) is 0 Å². The van der Waals surface area contributed by atoms with Crippen LogP contribution < -0.4 is 0 Å². The standard InChI is InChI=1S/C16H30O4S/c1-2-3-4-5-6-7-8-11-21-13-14(16(17)18)12-15-19-9-10-20-15/h14-15H,2-13H2,1H3,(H,17,18). The summed E-state index contributed by atoms with van der Waals surface area (Å²) >= 11 is 1.75. The van der Waals surface area contributed by atoms with Crippen molar-refractivity contribution >= 4 is 17.7 Å². The molecule has 1 heterocycles. The van der Waals surface area contributed by atoms with Crippen molar-refractivity contribution in [3.05, 3.63) is 0 Å². The molecule has 1 saturated heterocycles. The number of aliphatic carboxylic acids is 1. The van der Waals surface area contributed by atoms with E-state index < -0.39 is 5.97 Å². The Balaban J connectivity index is 1.98. The van der Waals surface area contributed by atoms with Crippen LogP contribution in [-0.2, 0) is 14.3 Å². The highest BCUT2D eigenvalue weighted by molar-refractivity contribution is 7.99. The molecule has 0 radical (unpaired) electrons. The van der Waals surface area contributed by atoms with Gasteiger partial charge in [0.05, 0.1) is 19.1 Å². The molecule has 0 aromatic carbocycles. The summed E-state index contributed by atoms with van der Waals surface area (Å²) in [6.07, 6.45) is 9.26. The smallest absolute Gasteiger partial charge is 0.307 e. The Morgan fingerprint density at radius 3 is 2.38 bits per heavy atom. The Hall–Kier alpha value is -0.260. The Bertz CT molecular complexity index is 267. The van der Waals surface area contributed by atoms with Crippen molar-refractivity contribution in [2.75, 3.05) is 24.7 Å². The van der Waals surface area contributed by atoms with Gasteiger partial charge in [0.2, 0.25) is 0 Å². The highest BCUT2D eigenvalue weighted by atomic mass is 32.2. The molecule has 0 spiro atoms. The Labute approximate surface area is 133 Å². The van der Waals surface area contributed by atoms with E-state index in [1.165, 1.54) is 44.9 Å². The van der Waals surface area contributed by atoms with Crippen LogP contribution in [0.3, 0.4) is 0 Å². The Morgan fingerprint density at radius 1 is 1.14 bits per heavy atom. The fourth-order valence-corrected chi connectivity index (χ4v) is 3.54. The lowest BCUT2D eigenvalue weighted by Gasteiger charge is -2.15. The van der Waals surface area contributed by atoms with E-state index in [4.69, 9.17) is 9.47 Å². The van der Waals surface area contributed by atoms with Crippen LogP contribution in [0.15, 0.2) is 0 Å². The first-order chi connectivity index (χ1) is 10.2. The fraction of sp³-hybridized carbons (Fsp3) is 0.938. The largest absolute Gasteiger partial charge is 0.481 e. The second-order valence-corrected chi connectivity index (χ2v) is 6.79. The lowest BCUT2D eigenvalue weighted by atomic mass is 10.1. The van der Waals surface area contributed by atoms with Crippen LogP contribution in [0.25, 0.3) is 0 Å². The van der Waals surface area contributed by atoms with Crippen LogP contribution in [-0.4, -0.2) is 42.1 Å². The monoisotopic (exact) mass is 318 g/mol. The van der Waals surface area contributed by atoms with Crippen LogP contribution in [0, 0.1) is 5.92 Å². The van der Waals surface area contributed by atoms with Gasteiger partial charge in [0, 0.05) is 12.2 Å². The van der Waals surface area contributed by atoms with Crippen molar-refractivity contribution in [1.29, 1.82) is 0 Å². The summed E-state index contributed by atoms with van der Waals surface area (Å²) < 4.78 is 10.7. The molecule has 5 heteroatoms. The summed E-state index contributed by atoms with van der Waals surface area (Å²) in [6, 6.07) is 0. The second kappa shape index (κ2) is 12.3. The molecule has 1 rings (SSSR count). The van der Waals surface area contributed by atoms with E-state index in [9.17, 15) is 9.90 Å². The molecule has 4 nitrogen and oxygen atoms in total. The zero-order valence-corrected chi connectivity index (χ0v) is 14.0. The summed E-state index contributed by atoms with van der Waals surface area (Å²) in [5.41, 5.74) is 0. The van der Waals surface area contributed by atoms with Crippen molar-refractivity contribution in [2.45, 2.75) is 64.6 Å². The van der Waals surface area contributed by atoms with Crippen LogP contribution in [0.4, 0.5) is 0 Å². The fourth-order valence-electron chi connectivity index (χ4n) is 2.40. The number of hydrogen-bond acceptors (Lipinski definition) is 4. The number of hydrogen-bond donors (Lipinski definition) is 1. The number of carboxylic acid groups (broad SMARTS) is 1. The molecule has 0 aromatic rings. The minimum Gasteiger partial charge on any atom is -0.481 e. The summed E-state index contributed by atoms with van der Waals surface area (Å²) in [6.45, 7) is 3.40. The first-order valence-corrected chi connectivity index (χ1v) is 9.43. The predicted octanol–water partition coefficient (Wildman–Crippen LogP) is 3.93. The maximum absolute atomic E-state index is 11.2. The quantitative estimate of drug-likeness (QED) is 0.521. The van der Waals surface area contributed by atoms with Gasteiger partial charge >= 0.3 is 5.97 Å². The van der Waals surface area contributed by atoms with Crippen molar-refractivity contribution in [3.63, 3.8) is 0 Å². The first kappa shape index (κ1) is 18.8. The van der Waals surface area contributed by atoms with Gasteiger partial charge < -0.3 is 14.6 Å². The molecule has 1 aliphatic rings. The van der Waals surface area contributed by atoms with Gasteiger partial charge in [-0.05, 0) is 12.2 Å². The van der Waals surface area contributed by atoms with E-state index in [1.807, 2.05) is 0 Å². The molecular weight excluding hydrogens is 288 g/mol. The molecule has 1 N–H and O–H groups in total. The number of ether oxygens (including phenoxy) is 2. The third-order valence-corrected chi connectivity index (χ3v) is 4.94. The van der Waals surface area contributed by atoms with Crippen LogP contribution in [0.1, 0.15) is 58.3 Å². The number of rotatable bonds is 13. The summed E-state index contributed by atoms with van der Waals surface area (Å²) in [7, 11) is 0. The molecule has 1 fully saturated rings. The minimum absolute atomic E-state index is 0.315. The first-order valence-electron chi connectivity index (χ1n) is 8.27. The molecule has 1 unspecified atom stereocenters. The SMILES string of the molecule is CCCCCCCCCSCC(CC1OCCO1)C(=O)O. The molecule has 21 heavy (non-hydrogen) atoms. The lowest BCUT2D eigenvalue weighted by molar-refractivity contribution is -0.144. The molecule has 0 aliphatic carbocycles. The Morgan fingerprint density at radius 2 is 1.76 bits per heavy atom. The Kier molecular flexibility index (Phi) is 11.0. The normalized spacial score (nSPS) is 17.2. The molecule has 124 valence electrons. The topological polar surface area (TPSA) is 55.8 Å². The van der Waals surface area contributed by atoms with Gasteiger partial charge in [-0.3, -0.25) is 4.79 Å². The maximum Gasteiger partial charge on any atom is 0.307 e. The summed E-state index contributed by atoms with van der Waals surface area (Å²) in [5.74, 6) is 0.627. The zero-order chi connectivity index (χ0) is 15.3. The van der Waals surface area contributed by atoms with Gasteiger partial charge in [0.25, 0.3) is 0 Å². The van der Waals surface area contributed by atoms with E-state index in [0.29, 0.717) is 25.4 Å². The number of thioether (sulfide) groups is 1. The van der Waals surface area contributed by atoms with Gasteiger partial charge in [0.15, 0.2) is 6.29 Å². The number of carbonyl (C=O) groups is 1. The zero-order valence-electron chi connectivity index (χ0n) is 13.2. The van der Waals surface area contributed by atoms with Crippen LogP contribution >= 0.6 is 11.8 Å². The van der Waals surface area contributed by atoms with E-state index in [1.54, 1.807) is 11.8 Å². The van der Waals surface area contributed by atoms with Crippen molar-refractivity contribution in [1.82, 2.24) is 0 Å². The van der Waals surface area contributed by atoms with E-state index in [-0.39, 0.29) is 12.2 Å². The molecular formula is C16H30O4S. The van der Waals surface area contributed by atoms with Gasteiger partial charge in [-0.1, -0.05) is 45.4 Å². The van der Waals surface area contributed by atoms with Gasteiger partial charge in [-0.2, -0.15) is 11.8 Å². The van der Waals surface area contributed by atoms with E-state index in [2.05, 4.69) is 6.92 Å². The highest BCUT2D eigenvalue weighted by Crippen LogP contribution is 2.20. The van der Waals surface area contributed by atoms with Crippen LogP contribution in [0.2, 0.25) is 0 Å². The highest BCUT2D eigenvalue weighted by Gasteiger charge is 2.25. The second-order valence-electron chi connectivity index (χ2n) is 5.64. The molecule has 1 atom stereocenters. The molecule has 0 aromatic heterocycles. The third-order valence-electron chi connectivity index (χ3n) is 3.73. The molecule has 0 amide bonds. The average Bonchev–Trinajstić information content (AvgIpc) is 2.97.